The lowest BCUT2D eigenvalue weighted by molar-refractivity contribution is -0.137. The highest BCUT2D eigenvalue weighted by Gasteiger charge is 2.35. The van der Waals surface area contributed by atoms with Crippen LogP contribution in [0.25, 0.3) is 115 Å². The van der Waals surface area contributed by atoms with Crippen LogP contribution in [-0.4, -0.2) is 9.13 Å². The van der Waals surface area contributed by atoms with Gasteiger partial charge in [-0.1, -0.05) is 138 Å². The molecule has 0 amide bonds. The van der Waals surface area contributed by atoms with Crippen LogP contribution in [0.2, 0.25) is 0 Å². The molecular formula is C74H62F3N3. The molecule has 0 aliphatic carbocycles. The second kappa shape index (κ2) is 19.2. The second-order valence-electron chi connectivity index (χ2n) is 22.7. The number of benzene rings is 10. The first-order valence-corrected chi connectivity index (χ1v) is 27.4. The lowest BCUT2D eigenvalue weighted by atomic mass is 9.92. The van der Waals surface area contributed by atoms with E-state index < -0.39 is 11.7 Å². The van der Waals surface area contributed by atoms with E-state index in [1.54, 1.807) is 6.07 Å². The van der Waals surface area contributed by atoms with E-state index in [1.807, 2.05) is 12.1 Å². The number of nitrogens with zero attached hydrogens (tertiary/aromatic N) is 3. The summed E-state index contributed by atoms with van der Waals surface area (Å²) < 4.78 is 50.8. The molecule has 0 N–H and O–H groups in total. The van der Waals surface area contributed by atoms with Crippen molar-refractivity contribution < 1.29 is 13.2 Å². The van der Waals surface area contributed by atoms with Crippen LogP contribution in [0, 0.1) is 89.7 Å². The summed E-state index contributed by atoms with van der Waals surface area (Å²) in [4.78, 5) is 4.16. The summed E-state index contributed by atoms with van der Waals surface area (Å²) in [5, 5.41) is 4.02. The molecule has 0 bridgehead atoms. The van der Waals surface area contributed by atoms with Gasteiger partial charge in [-0.2, -0.15) is 13.2 Å². The van der Waals surface area contributed by atoms with E-state index in [-0.39, 0.29) is 16.8 Å². The molecule has 6 heteroatoms. The molecule has 12 aromatic rings. The molecule has 12 rings (SSSR count). The first-order valence-electron chi connectivity index (χ1n) is 27.4. The highest BCUT2D eigenvalue weighted by molar-refractivity contribution is 6.14. The third kappa shape index (κ3) is 8.50. The molecule has 0 radical (unpaired) electrons. The lowest BCUT2D eigenvalue weighted by Crippen LogP contribution is -2.08. The first kappa shape index (κ1) is 51.8. The zero-order chi connectivity index (χ0) is 56.4. The summed E-state index contributed by atoms with van der Waals surface area (Å²) in [6.07, 6.45) is -4.70. The van der Waals surface area contributed by atoms with Gasteiger partial charge in [0.2, 0.25) is 0 Å². The van der Waals surface area contributed by atoms with Crippen molar-refractivity contribution in [2.45, 2.75) is 89.3 Å². The molecule has 0 fully saturated rings. The number of halogens is 3. The Morgan fingerprint density at radius 3 is 0.912 bits per heavy atom. The maximum atomic E-state index is 15.4. The molecule has 0 atom stereocenters. The summed E-state index contributed by atoms with van der Waals surface area (Å²) in [7, 11) is 0. The smallest absolute Gasteiger partial charge is 0.308 e. The van der Waals surface area contributed by atoms with E-state index >= 15 is 13.2 Å². The summed E-state index contributed by atoms with van der Waals surface area (Å²) in [5.41, 5.74) is 27.1. The number of rotatable bonds is 7. The van der Waals surface area contributed by atoms with Crippen LogP contribution in [0.1, 0.15) is 72.3 Å². The van der Waals surface area contributed by atoms with Crippen molar-refractivity contribution in [2.75, 3.05) is 0 Å². The van der Waals surface area contributed by atoms with Gasteiger partial charge in [0, 0.05) is 21.5 Å². The molecule has 3 nitrogen and oxygen atoms in total. The minimum atomic E-state index is -4.70. The summed E-state index contributed by atoms with van der Waals surface area (Å²) in [6.45, 7) is 34.7. The molecule has 0 unspecified atom stereocenters. The number of aromatic nitrogens is 2. The van der Waals surface area contributed by atoms with E-state index in [4.69, 9.17) is 6.57 Å². The van der Waals surface area contributed by atoms with E-state index in [0.29, 0.717) is 11.4 Å². The number of fused-ring (bicyclic) bond motifs is 6. The first-order chi connectivity index (χ1) is 38.2. The minimum Gasteiger partial charge on any atom is -0.308 e. The van der Waals surface area contributed by atoms with E-state index in [0.717, 1.165) is 139 Å². The average Bonchev–Trinajstić information content (AvgIpc) is 4.13. The maximum Gasteiger partial charge on any atom is 0.416 e. The predicted molar refractivity (Wildman–Crippen MR) is 330 cm³/mol. The fourth-order valence-corrected chi connectivity index (χ4v) is 13.9. The average molecular weight is 1050 g/mol. The van der Waals surface area contributed by atoms with Crippen LogP contribution >= 0.6 is 0 Å². The Kier molecular flexibility index (Phi) is 12.4. The van der Waals surface area contributed by atoms with Gasteiger partial charge in [0.15, 0.2) is 5.69 Å². The van der Waals surface area contributed by atoms with Crippen LogP contribution in [0.15, 0.2) is 158 Å². The molecule has 0 aliphatic rings. The van der Waals surface area contributed by atoms with E-state index in [9.17, 15) is 0 Å². The van der Waals surface area contributed by atoms with E-state index in [1.165, 1.54) is 34.4 Å². The third-order valence-electron chi connectivity index (χ3n) is 16.6. The Morgan fingerprint density at radius 1 is 0.338 bits per heavy atom. The van der Waals surface area contributed by atoms with Crippen molar-refractivity contribution in [1.82, 2.24) is 9.13 Å². The zero-order valence-corrected chi connectivity index (χ0v) is 47.5. The van der Waals surface area contributed by atoms with Crippen molar-refractivity contribution in [3.8, 4) is 67.0 Å². The lowest BCUT2D eigenvalue weighted by Gasteiger charge is -2.22. The molecule has 10 aromatic carbocycles. The Balaban J connectivity index is 1.30. The largest absolute Gasteiger partial charge is 0.416 e. The normalized spacial score (nSPS) is 11.9. The van der Waals surface area contributed by atoms with Gasteiger partial charge in [-0.3, -0.25) is 0 Å². The Labute approximate surface area is 467 Å². The fraction of sp³-hybridized carbons (Fsp3) is 0.176. The quantitative estimate of drug-likeness (QED) is 0.141. The topological polar surface area (TPSA) is 14.2 Å². The Morgan fingerprint density at radius 2 is 0.625 bits per heavy atom. The van der Waals surface area contributed by atoms with Gasteiger partial charge in [-0.25, -0.2) is 4.85 Å². The molecular weight excluding hydrogens is 988 g/mol. The number of hydrogen-bond donors (Lipinski definition) is 0. The number of aryl methyl sites for hydroxylation is 12. The Bertz CT molecular complexity index is 4340. The number of alkyl halides is 3. The molecule has 2 aromatic heterocycles. The van der Waals surface area contributed by atoms with Crippen molar-refractivity contribution in [3.05, 3.63) is 241 Å². The van der Waals surface area contributed by atoms with E-state index in [2.05, 4.69) is 218 Å². The molecule has 2 heterocycles. The minimum absolute atomic E-state index is 0.0554. The van der Waals surface area contributed by atoms with Crippen LogP contribution in [-0.2, 0) is 6.18 Å². The van der Waals surface area contributed by atoms with Gasteiger partial charge >= 0.3 is 6.18 Å². The second-order valence-corrected chi connectivity index (χ2v) is 22.7. The maximum absolute atomic E-state index is 15.4. The molecule has 0 saturated carbocycles. The molecule has 0 spiro atoms. The monoisotopic (exact) mass is 1050 g/mol. The number of hydrogen-bond acceptors (Lipinski definition) is 0. The van der Waals surface area contributed by atoms with Gasteiger partial charge in [0.05, 0.1) is 45.6 Å². The predicted octanol–water partition coefficient (Wildman–Crippen LogP) is 21.5. The highest BCUT2D eigenvalue weighted by atomic mass is 19.4. The summed E-state index contributed by atoms with van der Waals surface area (Å²) in [6, 6.07) is 53.9. The van der Waals surface area contributed by atoms with Crippen LogP contribution in [0.3, 0.4) is 0 Å². The molecule has 0 aliphatic heterocycles. The molecule has 0 saturated heterocycles. The van der Waals surface area contributed by atoms with Crippen molar-refractivity contribution >= 4 is 49.3 Å². The van der Waals surface area contributed by atoms with Crippen molar-refractivity contribution in [2.24, 2.45) is 0 Å². The third-order valence-corrected chi connectivity index (χ3v) is 16.6. The summed E-state index contributed by atoms with van der Waals surface area (Å²) in [5.74, 6) is 0. The highest BCUT2D eigenvalue weighted by Crippen LogP contribution is 2.48. The van der Waals surface area contributed by atoms with Gasteiger partial charge in [-0.15, -0.1) is 0 Å². The molecule has 394 valence electrons. The van der Waals surface area contributed by atoms with Crippen LogP contribution < -0.4 is 0 Å². The Hall–Kier alpha value is -8.92. The fourth-order valence-electron chi connectivity index (χ4n) is 13.9. The van der Waals surface area contributed by atoms with Crippen LogP contribution in [0.5, 0.6) is 0 Å². The van der Waals surface area contributed by atoms with Gasteiger partial charge in [0.25, 0.3) is 0 Å². The van der Waals surface area contributed by atoms with Crippen LogP contribution in [0.4, 0.5) is 18.9 Å². The zero-order valence-electron chi connectivity index (χ0n) is 47.5. The van der Waals surface area contributed by atoms with Crippen molar-refractivity contribution in [3.63, 3.8) is 0 Å². The standard InChI is InChI=1S/C74H62F3N3/c1-40-26-44(5)70(45(6)27-40)52-18-22-57-58-23-19-53(71-46(7)28-41(2)29-47(71)8)35-65(58)79(64(57)34-52)68-38-61(56-16-14-15-17-62(56)74(75,76)77)63(78-13)39-69(68)80-66-36-54(72-48(9)30-42(3)31-49(72)10)20-24-59(66)60-25-21-55(37-67(60)80)73-50(11)32-43(4)33-51(73)12/h14-39H,1-12H3. The van der Waals surface area contributed by atoms with Gasteiger partial charge < -0.3 is 9.13 Å². The van der Waals surface area contributed by atoms with Crippen molar-refractivity contribution in [1.29, 1.82) is 0 Å². The van der Waals surface area contributed by atoms with Gasteiger partial charge in [-0.05, 0) is 226 Å². The van der Waals surface area contributed by atoms with Gasteiger partial charge in [0.1, 0.15) is 0 Å². The summed E-state index contributed by atoms with van der Waals surface area (Å²) >= 11 is 0. The molecule has 80 heavy (non-hydrogen) atoms. The SMILES string of the molecule is [C-]#[N+]c1cc(-n2c3cc(-c4c(C)cc(C)cc4C)ccc3c3ccc(-c4c(C)cc(C)cc4C)cc32)c(-n2c3cc(-c4c(C)cc(C)cc4C)ccc3c3ccc(-c4c(C)cc(C)cc4C)cc32)cc1-c1ccccc1C(F)(F)F.